The van der Waals surface area contributed by atoms with Gasteiger partial charge >= 0.3 is 6.03 Å². The highest BCUT2D eigenvalue weighted by Gasteiger charge is 2.48. The van der Waals surface area contributed by atoms with Crippen LogP contribution in [-0.2, 0) is 9.36 Å². The van der Waals surface area contributed by atoms with Gasteiger partial charge in [0.05, 0.1) is 11.4 Å². The van der Waals surface area contributed by atoms with Gasteiger partial charge in [-0.1, -0.05) is 26.0 Å². The van der Waals surface area contributed by atoms with E-state index in [0.717, 1.165) is 4.90 Å². The van der Waals surface area contributed by atoms with Crippen LogP contribution in [0.3, 0.4) is 0 Å². The molecule has 11 heteroatoms. The molecule has 3 aromatic rings. The summed E-state index contributed by atoms with van der Waals surface area (Å²) >= 11 is 0. The first-order chi connectivity index (χ1) is 17.7. The molecule has 0 bridgehead atoms. The molecule has 0 spiro atoms. The zero-order chi connectivity index (χ0) is 28.0. The molecule has 2 aromatic carbocycles. The molecule has 1 aromatic heterocycles. The first-order valence-electron chi connectivity index (χ1n) is 11.8. The number of amides is 3. The molecule has 38 heavy (non-hydrogen) atoms. The third kappa shape index (κ3) is 5.18. The predicted octanol–water partition coefficient (Wildman–Crippen LogP) is 5.29. The molecule has 2 heterocycles. The van der Waals surface area contributed by atoms with Gasteiger partial charge in [-0.15, -0.1) is 0 Å². The largest absolute Gasteiger partial charge is 0.325 e. The van der Waals surface area contributed by atoms with Crippen molar-refractivity contribution in [3.05, 3.63) is 71.7 Å². The van der Waals surface area contributed by atoms with Crippen molar-refractivity contribution in [1.82, 2.24) is 10.3 Å². The molecule has 0 saturated carbocycles. The number of hydrogen-bond donors (Lipinski definition) is 2. The number of halogens is 3. The van der Waals surface area contributed by atoms with Crippen molar-refractivity contribution in [2.75, 3.05) is 30.1 Å². The Kier molecular flexibility index (Phi) is 7.14. The van der Waals surface area contributed by atoms with Gasteiger partial charge in [-0.3, -0.25) is 9.78 Å². The van der Waals surface area contributed by atoms with E-state index in [1.165, 1.54) is 55.9 Å². The number of pyridine rings is 1. The molecular formula is C27H28F3N4O3P. The van der Waals surface area contributed by atoms with Gasteiger partial charge in [0, 0.05) is 29.3 Å². The van der Waals surface area contributed by atoms with Crippen molar-refractivity contribution in [3.8, 4) is 11.1 Å². The molecule has 4 rings (SSSR count). The third-order valence-electron chi connectivity index (χ3n) is 6.45. The van der Waals surface area contributed by atoms with Crippen LogP contribution < -0.4 is 21.0 Å². The van der Waals surface area contributed by atoms with Gasteiger partial charge in [-0.2, -0.15) is 0 Å². The van der Waals surface area contributed by atoms with Crippen LogP contribution >= 0.6 is 7.14 Å². The van der Waals surface area contributed by atoms with E-state index in [1.807, 2.05) is 0 Å². The quantitative estimate of drug-likeness (QED) is 0.428. The summed E-state index contributed by atoms with van der Waals surface area (Å²) in [6.07, 6.45) is 1.43. The molecule has 1 aliphatic rings. The fourth-order valence-corrected chi connectivity index (χ4v) is 5.65. The minimum atomic E-state index is -2.90. The SMILES string of the molecule is Cc1ccc(NC(=O)N[C@H]2C(=O)N(c3ccc(-c4cccnc4P(C)(C)=O)c(F)c3F)CC2(C)C)c(F)c1. The summed E-state index contributed by atoms with van der Waals surface area (Å²) in [6, 6.07) is 8.04. The number of urea groups is 1. The number of aryl methyl sites for hydroxylation is 1. The molecule has 2 N–H and O–H groups in total. The second-order valence-corrected chi connectivity index (χ2v) is 13.5. The second-order valence-electron chi connectivity index (χ2n) is 10.4. The highest BCUT2D eigenvalue weighted by atomic mass is 31.2. The zero-order valence-electron chi connectivity index (χ0n) is 21.6. The van der Waals surface area contributed by atoms with Crippen LogP contribution in [0.15, 0.2) is 48.7 Å². The number of benzene rings is 2. The summed E-state index contributed by atoms with van der Waals surface area (Å²) in [5.74, 6) is -3.74. The Morgan fingerprint density at radius 2 is 1.79 bits per heavy atom. The summed E-state index contributed by atoms with van der Waals surface area (Å²) in [6.45, 7) is 8.08. The lowest BCUT2D eigenvalue weighted by atomic mass is 9.87. The van der Waals surface area contributed by atoms with Crippen molar-refractivity contribution in [3.63, 3.8) is 0 Å². The summed E-state index contributed by atoms with van der Waals surface area (Å²) in [5.41, 5.74) is -0.292. The van der Waals surface area contributed by atoms with Crippen LogP contribution in [0.4, 0.5) is 29.3 Å². The Bertz CT molecular complexity index is 1490. The lowest BCUT2D eigenvalue weighted by molar-refractivity contribution is -0.119. The molecule has 3 amide bonds. The molecule has 0 aliphatic carbocycles. The Hall–Kier alpha value is -3.65. The Morgan fingerprint density at radius 3 is 2.45 bits per heavy atom. The van der Waals surface area contributed by atoms with Gasteiger partial charge in [-0.25, -0.2) is 18.0 Å². The number of aromatic nitrogens is 1. The summed E-state index contributed by atoms with van der Waals surface area (Å²) in [5, 5.41) is 4.92. The maximum atomic E-state index is 15.4. The van der Waals surface area contributed by atoms with Crippen LogP contribution in [-0.4, -0.2) is 42.8 Å². The number of hydrogen-bond acceptors (Lipinski definition) is 4. The molecule has 1 fully saturated rings. The van der Waals surface area contributed by atoms with Crippen LogP contribution in [0.25, 0.3) is 11.1 Å². The van der Waals surface area contributed by atoms with E-state index in [0.29, 0.717) is 5.56 Å². The molecule has 1 aliphatic heterocycles. The van der Waals surface area contributed by atoms with Crippen molar-refractivity contribution in [2.24, 2.45) is 5.41 Å². The first kappa shape index (κ1) is 27.4. The lowest BCUT2D eigenvalue weighted by Gasteiger charge is -2.24. The van der Waals surface area contributed by atoms with E-state index in [1.54, 1.807) is 26.8 Å². The number of carbonyl (C=O) groups excluding carboxylic acids is 2. The highest BCUT2D eigenvalue weighted by molar-refractivity contribution is 7.70. The summed E-state index contributed by atoms with van der Waals surface area (Å²) in [4.78, 5) is 31.1. The second kappa shape index (κ2) is 9.91. The summed E-state index contributed by atoms with van der Waals surface area (Å²) < 4.78 is 57.6. The topological polar surface area (TPSA) is 91.4 Å². The van der Waals surface area contributed by atoms with Gasteiger partial charge in [0.25, 0.3) is 0 Å². The van der Waals surface area contributed by atoms with Crippen molar-refractivity contribution < 1.29 is 27.3 Å². The predicted molar refractivity (Wildman–Crippen MR) is 142 cm³/mol. The minimum Gasteiger partial charge on any atom is -0.325 e. The molecule has 0 radical (unpaired) electrons. The molecule has 0 unspecified atom stereocenters. The normalized spacial score (nSPS) is 17.0. The molecule has 1 atom stereocenters. The molecule has 7 nitrogen and oxygen atoms in total. The van der Waals surface area contributed by atoms with Crippen molar-refractivity contribution in [2.45, 2.75) is 26.8 Å². The fourth-order valence-electron chi connectivity index (χ4n) is 4.53. The Labute approximate surface area is 218 Å². The van der Waals surface area contributed by atoms with Gasteiger partial charge in [-0.05, 0) is 56.1 Å². The maximum absolute atomic E-state index is 15.4. The number of anilines is 2. The fraction of sp³-hybridized carbons (Fsp3) is 0.296. The summed E-state index contributed by atoms with van der Waals surface area (Å²) in [7, 11) is -2.90. The Balaban J connectivity index is 1.61. The highest BCUT2D eigenvalue weighted by Crippen LogP contribution is 2.41. The number of rotatable bonds is 5. The minimum absolute atomic E-state index is 0.0113. The van der Waals surface area contributed by atoms with Crippen LogP contribution in [0.5, 0.6) is 0 Å². The van der Waals surface area contributed by atoms with Gasteiger partial charge in [0.15, 0.2) is 11.6 Å². The average molecular weight is 545 g/mol. The maximum Gasteiger partial charge on any atom is 0.319 e. The van der Waals surface area contributed by atoms with Crippen molar-refractivity contribution in [1.29, 1.82) is 0 Å². The molecule has 200 valence electrons. The van der Waals surface area contributed by atoms with Crippen LogP contribution in [0.1, 0.15) is 19.4 Å². The van der Waals surface area contributed by atoms with Gasteiger partial charge in [0.1, 0.15) is 24.4 Å². The number of carbonyl (C=O) groups is 2. The van der Waals surface area contributed by atoms with Gasteiger partial charge < -0.3 is 20.1 Å². The van der Waals surface area contributed by atoms with Crippen LogP contribution in [0.2, 0.25) is 0 Å². The standard InChI is InChI=1S/C27H28F3N4O3P/c1-15-8-10-19(18(28)13-15)32-26(36)33-23-25(35)34(14-27(23,2)3)20-11-9-16(21(29)22(20)30)17-7-6-12-31-24(17)38(4,5)37/h6-13,23H,14H2,1-5H3,(H2,32,33,36)/t23-/m0/s1. The van der Waals surface area contributed by atoms with Crippen LogP contribution in [0, 0.1) is 29.8 Å². The van der Waals surface area contributed by atoms with E-state index in [4.69, 9.17) is 0 Å². The lowest BCUT2D eigenvalue weighted by Crippen LogP contribution is -2.48. The van der Waals surface area contributed by atoms with E-state index < -0.39 is 48.0 Å². The average Bonchev–Trinajstić information content (AvgIpc) is 3.05. The third-order valence-corrected chi connectivity index (χ3v) is 7.82. The first-order valence-corrected chi connectivity index (χ1v) is 14.4. The van der Waals surface area contributed by atoms with E-state index in [9.17, 15) is 18.5 Å². The van der Waals surface area contributed by atoms with Gasteiger partial charge in [0.2, 0.25) is 5.91 Å². The van der Waals surface area contributed by atoms with E-state index in [-0.39, 0.29) is 34.5 Å². The zero-order valence-corrected chi connectivity index (χ0v) is 22.5. The molecular weight excluding hydrogens is 516 g/mol. The molecule has 1 saturated heterocycles. The smallest absolute Gasteiger partial charge is 0.319 e. The number of nitrogens with zero attached hydrogens (tertiary/aromatic N) is 2. The number of nitrogens with one attached hydrogen (secondary N) is 2. The van der Waals surface area contributed by atoms with E-state index >= 15 is 8.78 Å². The monoisotopic (exact) mass is 544 g/mol. The van der Waals surface area contributed by atoms with E-state index in [2.05, 4.69) is 15.6 Å². The Morgan fingerprint density at radius 1 is 1.08 bits per heavy atom. The van der Waals surface area contributed by atoms with Crippen molar-refractivity contribution >= 4 is 35.9 Å².